The average Bonchev–Trinajstić information content (AvgIpc) is 2.91. The van der Waals surface area contributed by atoms with Crippen LogP contribution in [0.1, 0.15) is 5.56 Å². The van der Waals surface area contributed by atoms with Gasteiger partial charge in [0.05, 0.1) is 17.2 Å². The van der Waals surface area contributed by atoms with Crippen LogP contribution in [0, 0.1) is 5.82 Å². The first-order chi connectivity index (χ1) is 10.6. The molecule has 0 aliphatic heterocycles. The summed E-state index contributed by atoms with van der Waals surface area (Å²) >= 11 is 9.51. The smallest absolute Gasteiger partial charge is 0.174 e. The first kappa shape index (κ1) is 15.2. The molecule has 22 heavy (non-hydrogen) atoms. The molecular weight excluding hydrogens is 373 g/mol. The Labute approximate surface area is 139 Å². The molecule has 1 N–H and O–H groups in total. The van der Waals surface area contributed by atoms with E-state index in [-0.39, 0.29) is 11.6 Å². The fraction of sp³-hybridized carbons (Fsp3) is 0.0625. The van der Waals surface area contributed by atoms with Gasteiger partial charge in [0, 0.05) is 15.6 Å². The minimum absolute atomic E-state index is 0.199. The Morgan fingerprint density at radius 2 is 1.95 bits per heavy atom. The maximum atomic E-state index is 13.2. The number of benzene rings is 2. The summed E-state index contributed by atoms with van der Waals surface area (Å²) in [4.78, 5) is 0. The molecule has 1 aromatic heterocycles. The van der Waals surface area contributed by atoms with E-state index in [4.69, 9.17) is 16.1 Å². The Hall–Kier alpha value is -1.69. The van der Waals surface area contributed by atoms with Crippen LogP contribution in [0.3, 0.4) is 0 Å². The molecule has 0 unspecified atom stereocenters. The number of halogens is 3. The number of aromatic nitrogens is 1. The fourth-order valence-corrected chi connectivity index (χ4v) is 2.93. The Morgan fingerprint density at radius 1 is 1.18 bits per heavy atom. The van der Waals surface area contributed by atoms with Crippen molar-refractivity contribution in [1.82, 2.24) is 5.16 Å². The molecule has 0 amide bonds. The predicted molar refractivity (Wildman–Crippen MR) is 86.0 cm³/mol. The van der Waals surface area contributed by atoms with Crippen LogP contribution in [0.5, 0.6) is 0 Å². The minimum Gasteiger partial charge on any atom is -0.391 e. The molecule has 0 fully saturated rings. The van der Waals surface area contributed by atoms with Crippen LogP contribution in [0.4, 0.5) is 4.39 Å². The zero-order valence-electron chi connectivity index (χ0n) is 11.2. The van der Waals surface area contributed by atoms with Crippen LogP contribution in [-0.2, 0) is 6.61 Å². The number of nitrogens with zero attached hydrogens (tertiary/aromatic N) is 1. The first-order valence-corrected chi connectivity index (χ1v) is 7.58. The maximum Gasteiger partial charge on any atom is 0.174 e. The van der Waals surface area contributed by atoms with Crippen molar-refractivity contribution in [3.05, 3.63) is 63.3 Å². The number of aliphatic hydroxyl groups excluding tert-OH is 1. The minimum atomic E-state index is -0.440. The molecule has 0 radical (unpaired) electrons. The molecule has 3 aromatic rings. The van der Waals surface area contributed by atoms with Crippen LogP contribution >= 0.6 is 27.5 Å². The van der Waals surface area contributed by atoms with Crippen molar-refractivity contribution in [1.29, 1.82) is 0 Å². The number of rotatable bonds is 3. The molecule has 6 heteroatoms. The topological polar surface area (TPSA) is 46.3 Å². The molecule has 2 aromatic carbocycles. The third-order valence-corrected chi connectivity index (χ3v) is 4.26. The summed E-state index contributed by atoms with van der Waals surface area (Å²) in [6.45, 7) is -0.275. The Bertz CT molecular complexity index is 835. The summed E-state index contributed by atoms with van der Waals surface area (Å²) in [7, 11) is 0. The molecule has 0 bridgehead atoms. The maximum absolute atomic E-state index is 13.2. The van der Waals surface area contributed by atoms with Crippen LogP contribution < -0.4 is 0 Å². The quantitative estimate of drug-likeness (QED) is 0.689. The van der Waals surface area contributed by atoms with Crippen LogP contribution in [-0.4, -0.2) is 10.3 Å². The van der Waals surface area contributed by atoms with Gasteiger partial charge in [-0.1, -0.05) is 50.9 Å². The van der Waals surface area contributed by atoms with E-state index in [1.807, 2.05) is 24.3 Å². The van der Waals surface area contributed by atoms with Crippen LogP contribution in [0.15, 0.2) is 51.5 Å². The zero-order valence-corrected chi connectivity index (χ0v) is 13.5. The van der Waals surface area contributed by atoms with Crippen molar-refractivity contribution in [3.8, 4) is 22.6 Å². The SMILES string of the molecule is OCc1c(-c2ccccc2Br)noc1-c1ccc(F)cc1Cl. The van der Waals surface area contributed by atoms with Crippen molar-refractivity contribution in [2.75, 3.05) is 0 Å². The summed E-state index contributed by atoms with van der Waals surface area (Å²) in [6.07, 6.45) is 0. The highest BCUT2D eigenvalue weighted by molar-refractivity contribution is 9.10. The number of hydrogen-bond donors (Lipinski definition) is 1. The van der Waals surface area contributed by atoms with E-state index in [1.165, 1.54) is 18.2 Å². The van der Waals surface area contributed by atoms with Crippen molar-refractivity contribution in [2.24, 2.45) is 0 Å². The normalized spacial score (nSPS) is 10.9. The third kappa shape index (κ3) is 2.67. The van der Waals surface area contributed by atoms with Crippen molar-refractivity contribution in [3.63, 3.8) is 0 Å². The van der Waals surface area contributed by atoms with Gasteiger partial charge in [0.15, 0.2) is 5.76 Å². The van der Waals surface area contributed by atoms with Gasteiger partial charge in [-0.25, -0.2) is 4.39 Å². The number of hydrogen-bond acceptors (Lipinski definition) is 3. The molecule has 0 aliphatic rings. The molecule has 1 heterocycles. The number of aliphatic hydroxyl groups is 1. The molecule has 0 saturated carbocycles. The highest BCUT2D eigenvalue weighted by atomic mass is 79.9. The molecule has 0 atom stereocenters. The lowest BCUT2D eigenvalue weighted by atomic mass is 10.0. The van der Waals surface area contributed by atoms with Gasteiger partial charge in [-0.2, -0.15) is 0 Å². The van der Waals surface area contributed by atoms with E-state index in [0.717, 1.165) is 10.0 Å². The van der Waals surface area contributed by atoms with E-state index in [0.29, 0.717) is 22.6 Å². The monoisotopic (exact) mass is 381 g/mol. The lowest BCUT2D eigenvalue weighted by Gasteiger charge is -2.04. The molecule has 3 rings (SSSR count). The summed E-state index contributed by atoms with van der Waals surface area (Å²) in [5.74, 6) is -0.108. The summed E-state index contributed by atoms with van der Waals surface area (Å²) in [6, 6.07) is 11.4. The van der Waals surface area contributed by atoms with Gasteiger partial charge in [-0.3, -0.25) is 0 Å². The third-order valence-electron chi connectivity index (χ3n) is 3.25. The van der Waals surface area contributed by atoms with Crippen molar-refractivity contribution in [2.45, 2.75) is 6.61 Å². The highest BCUT2D eigenvalue weighted by Gasteiger charge is 2.21. The van der Waals surface area contributed by atoms with Crippen molar-refractivity contribution < 1.29 is 14.0 Å². The largest absolute Gasteiger partial charge is 0.391 e. The summed E-state index contributed by atoms with van der Waals surface area (Å²) in [5, 5.41) is 14.0. The van der Waals surface area contributed by atoms with Gasteiger partial charge in [-0.05, 0) is 24.3 Å². The van der Waals surface area contributed by atoms with Gasteiger partial charge >= 0.3 is 0 Å². The van der Waals surface area contributed by atoms with E-state index < -0.39 is 5.82 Å². The van der Waals surface area contributed by atoms with E-state index in [2.05, 4.69) is 21.1 Å². The second-order valence-electron chi connectivity index (χ2n) is 4.60. The molecule has 112 valence electrons. The van der Waals surface area contributed by atoms with E-state index in [1.54, 1.807) is 0 Å². The van der Waals surface area contributed by atoms with Gasteiger partial charge in [-0.15, -0.1) is 0 Å². The second kappa shape index (κ2) is 6.20. The molecule has 0 aliphatic carbocycles. The van der Waals surface area contributed by atoms with Gasteiger partial charge in [0.2, 0.25) is 0 Å². The first-order valence-electron chi connectivity index (χ1n) is 6.41. The van der Waals surface area contributed by atoms with Crippen LogP contribution in [0.2, 0.25) is 5.02 Å². The van der Waals surface area contributed by atoms with E-state index in [9.17, 15) is 9.50 Å². The summed E-state index contributed by atoms with van der Waals surface area (Å²) in [5.41, 5.74) is 2.29. The standard InChI is InChI=1S/C16H10BrClFNO2/c17-13-4-2-1-3-10(13)15-12(8-21)16(22-20-15)11-6-5-9(19)7-14(11)18/h1-7,21H,8H2. The Kier molecular flexibility index (Phi) is 4.29. The zero-order chi connectivity index (χ0) is 15.7. The van der Waals surface area contributed by atoms with Crippen LogP contribution in [0.25, 0.3) is 22.6 Å². The fourth-order valence-electron chi connectivity index (χ4n) is 2.21. The summed E-state index contributed by atoms with van der Waals surface area (Å²) < 4.78 is 19.4. The lowest BCUT2D eigenvalue weighted by Crippen LogP contribution is -1.90. The molecule has 0 spiro atoms. The van der Waals surface area contributed by atoms with E-state index >= 15 is 0 Å². The predicted octanol–water partition coefficient (Wildman–Crippen LogP) is 5.06. The molecule has 3 nitrogen and oxygen atoms in total. The van der Waals surface area contributed by atoms with Gasteiger partial charge in [0.25, 0.3) is 0 Å². The highest BCUT2D eigenvalue weighted by Crippen LogP contribution is 2.38. The second-order valence-corrected chi connectivity index (χ2v) is 5.86. The Balaban J connectivity index is 2.18. The average molecular weight is 383 g/mol. The lowest BCUT2D eigenvalue weighted by molar-refractivity contribution is 0.281. The van der Waals surface area contributed by atoms with Gasteiger partial charge < -0.3 is 9.63 Å². The van der Waals surface area contributed by atoms with Gasteiger partial charge in [0.1, 0.15) is 11.5 Å². The Morgan fingerprint density at radius 3 is 2.64 bits per heavy atom. The van der Waals surface area contributed by atoms with Crippen molar-refractivity contribution >= 4 is 27.5 Å². The molecule has 0 saturated heterocycles. The molecular formula is C16H10BrClFNO2.